The van der Waals surface area contributed by atoms with Crippen LogP contribution in [-0.4, -0.2) is 19.6 Å². The summed E-state index contributed by atoms with van der Waals surface area (Å²) in [6.07, 6.45) is 3.45. The quantitative estimate of drug-likeness (QED) is 0.413. The molecule has 0 aliphatic rings. The minimum absolute atomic E-state index is 0.603. The normalized spacial score (nSPS) is 9.88. The minimum atomic E-state index is 0.603. The van der Waals surface area contributed by atoms with E-state index in [1.807, 2.05) is 24.3 Å². The number of rotatable bonds is 7. The number of hydrogen-bond donors (Lipinski definition) is 0. The van der Waals surface area contributed by atoms with Gasteiger partial charge in [0.25, 0.3) is 0 Å². The van der Waals surface area contributed by atoms with Gasteiger partial charge in [0.1, 0.15) is 0 Å². The molecule has 0 aliphatic carbocycles. The zero-order valence-corrected chi connectivity index (χ0v) is 10.3. The minimum Gasteiger partial charge on any atom is -0.493 e. The van der Waals surface area contributed by atoms with E-state index in [1.54, 1.807) is 7.11 Å². The molecule has 16 heavy (non-hydrogen) atoms. The number of allylic oxidation sites excluding steroid dienone is 1. The largest absolute Gasteiger partial charge is 0.493 e. The van der Waals surface area contributed by atoms with Crippen LogP contribution in [-0.2, 0) is 6.42 Å². The van der Waals surface area contributed by atoms with Gasteiger partial charge in [-0.2, -0.15) is 0 Å². The Morgan fingerprint density at radius 1 is 1.44 bits per heavy atom. The molecule has 1 aromatic rings. The molecule has 1 aromatic carbocycles. The molecule has 0 heterocycles. The molecule has 0 spiro atoms. The van der Waals surface area contributed by atoms with Gasteiger partial charge in [-0.15, -0.1) is 18.2 Å². The van der Waals surface area contributed by atoms with Gasteiger partial charge < -0.3 is 9.47 Å². The highest BCUT2D eigenvalue weighted by Gasteiger charge is 2.08. The maximum Gasteiger partial charge on any atom is 0.164 e. The molecule has 0 bridgehead atoms. The van der Waals surface area contributed by atoms with Crippen LogP contribution in [0.1, 0.15) is 12.0 Å². The van der Waals surface area contributed by atoms with Crippen LogP contribution in [0, 0.1) is 0 Å². The SMILES string of the molecule is C=CCc1cccc(OC)c1OCCCCl. The maximum atomic E-state index is 5.69. The van der Waals surface area contributed by atoms with E-state index in [4.69, 9.17) is 21.1 Å². The average Bonchev–Trinajstić information content (AvgIpc) is 2.31. The van der Waals surface area contributed by atoms with Crippen LogP contribution in [0.2, 0.25) is 0 Å². The molecule has 0 atom stereocenters. The lowest BCUT2D eigenvalue weighted by molar-refractivity contribution is 0.292. The highest BCUT2D eigenvalue weighted by atomic mass is 35.5. The second-order valence-corrected chi connectivity index (χ2v) is 3.71. The molecule has 1 rings (SSSR count). The Hall–Kier alpha value is -1.15. The molecule has 0 unspecified atom stereocenters. The summed E-state index contributed by atoms with van der Waals surface area (Å²) in [7, 11) is 1.64. The van der Waals surface area contributed by atoms with Crippen molar-refractivity contribution >= 4 is 11.6 Å². The lowest BCUT2D eigenvalue weighted by Gasteiger charge is -2.13. The van der Waals surface area contributed by atoms with Crippen LogP contribution in [0.15, 0.2) is 30.9 Å². The third-order valence-electron chi connectivity index (χ3n) is 2.17. The van der Waals surface area contributed by atoms with Crippen molar-refractivity contribution < 1.29 is 9.47 Å². The predicted octanol–water partition coefficient (Wildman–Crippen LogP) is 3.43. The van der Waals surface area contributed by atoms with E-state index in [-0.39, 0.29) is 0 Å². The number of methoxy groups -OCH3 is 1. The van der Waals surface area contributed by atoms with Crippen LogP contribution < -0.4 is 9.47 Å². The molecule has 0 amide bonds. The first-order valence-electron chi connectivity index (χ1n) is 5.29. The first-order valence-corrected chi connectivity index (χ1v) is 5.82. The van der Waals surface area contributed by atoms with E-state index in [9.17, 15) is 0 Å². The first-order chi connectivity index (χ1) is 7.83. The monoisotopic (exact) mass is 240 g/mol. The van der Waals surface area contributed by atoms with Crippen LogP contribution in [0.25, 0.3) is 0 Å². The predicted molar refractivity (Wildman–Crippen MR) is 67.7 cm³/mol. The summed E-state index contributed by atoms with van der Waals surface area (Å²) in [5.74, 6) is 2.16. The Morgan fingerprint density at radius 3 is 2.88 bits per heavy atom. The summed E-state index contributed by atoms with van der Waals surface area (Å²) >= 11 is 5.61. The number of halogens is 1. The molecule has 0 aromatic heterocycles. The number of benzene rings is 1. The van der Waals surface area contributed by atoms with Crippen molar-refractivity contribution in [1.82, 2.24) is 0 Å². The molecule has 2 nitrogen and oxygen atoms in total. The Morgan fingerprint density at radius 2 is 2.25 bits per heavy atom. The second-order valence-electron chi connectivity index (χ2n) is 3.33. The molecule has 3 heteroatoms. The molecule has 0 fully saturated rings. The van der Waals surface area contributed by atoms with Crippen molar-refractivity contribution in [2.45, 2.75) is 12.8 Å². The van der Waals surface area contributed by atoms with Gasteiger partial charge in [-0.05, 0) is 18.9 Å². The Bertz CT molecular complexity index is 337. The lowest BCUT2D eigenvalue weighted by Crippen LogP contribution is -2.02. The Kier molecular flexibility index (Phi) is 5.79. The smallest absolute Gasteiger partial charge is 0.164 e. The number of para-hydroxylation sites is 1. The third-order valence-corrected chi connectivity index (χ3v) is 2.44. The van der Waals surface area contributed by atoms with Gasteiger partial charge in [0.05, 0.1) is 13.7 Å². The van der Waals surface area contributed by atoms with Gasteiger partial charge in [0, 0.05) is 11.4 Å². The zero-order valence-electron chi connectivity index (χ0n) is 9.54. The van der Waals surface area contributed by atoms with Gasteiger partial charge in [0.15, 0.2) is 11.5 Å². The Labute approximate surface area is 102 Å². The van der Waals surface area contributed by atoms with Crippen molar-refractivity contribution in [3.63, 3.8) is 0 Å². The highest BCUT2D eigenvalue weighted by molar-refractivity contribution is 6.17. The number of ether oxygens (including phenoxy) is 2. The van der Waals surface area contributed by atoms with Gasteiger partial charge >= 0.3 is 0 Å². The van der Waals surface area contributed by atoms with Crippen molar-refractivity contribution in [2.75, 3.05) is 19.6 Å². The van der Waals surface area contributed by atoms with E-state index in [0.717, 1.165) is 29.9 Å². The molecular formula is C13H17ClO2. The summed E-state index contributed by atoms with van der Waals surface area (Å²) in [5.41, 5.74) is 1.09. The molecule has 0 saturated carbocycles. The molecule has 0 radical (unpaired) electrons. The van der Waals surface area contributed by atoms with Crippen molar-refractivity contribution in [3.05, 3.63) is 36.4 Å². The first kappa shape index (κ1) is 12.9. The second kappa shape index (κ2) is 7.18. The molecule has 0 aliphatic heterocycles. The van der Waals surface area contributed by atoms with Gasteiger partial charge in [-0.1, -0.05) is 18.2 Å². The average molecular weight is 241 g/mol. The summed E-state index contributed by atoms with van der Waals surface area (Å²) in [4.78, 5) is 0. The highest BCUT2D eigenvalue weighted by Crippen LogP contribution is 2.31. The zero-order chi connectivity index (χ0) is 11.8. The van der Waals surface area contributed by atoms with Crippen LogP contribution >= 0.6 is 11.6 Å². The standard InChI is InChI=1S/C13H17ClO2/c1-3-6-11-7-4-8-12(15-2)13(11)16-10-5-9-14/h3-4,7-8H,1,5-6,9-10H2,2H3. The van der Waals surface area contributed by atoms with Gasteiger partial charge in [-0.3, -0.25) is 0 Å². The fraction of sp³-hybridized carbons (Fsp3) is 0.385. The summed E-state index contributed by atoms with van der Waals surface area (Å²) in [6, 6.07) is 5.86. The summed E-state index contributed by atoms with van der Waals surface area (Å²) < 4.78 is 11.0. The van der Waals surface area contributed by atoms with E-state index >= 15 is 0 Å². The maximum absolute atomic E-state index is 5.69. The summed E-state index contributed by atoms with van der Waals surface area (Å²) in [5, 5.41) is 0. The van der Waals surface area contributed by atoms with E-state index in [2.05, 4.69) is 6.58 Å². The fourth-order valence-corrected chi connectivity index (χ4v) is 1.54. The summed E-state index contributed by atoms with van der Waals surface area (Å²) in [6.45, 7) is 4.34. The molecule has 88 valence electrons. The van der Waals surface area contributed by atoms with Gasteiger partial charge in [0.2, 0.25) is 0 Å². The molecule has 0 saturated heterocycles. The van der Waals surface area contributed by atoms with Crippen LogP contribution in [0.4, 0.5) is 0 Å². The number of hydrogen-bond acceptors (Lipinski definition) is 2. The van der Waals surface area contributed by atoms with E-state index in [1.165, 1.54) is 0 Å². The Balaban J connectivity index is 2.85. The van der Waals surface area contributed by atoms with E-state index in [0.29, 0.717) is 12.5 Å². The lowest BCUT2D eigenvalue weighted by atomic mass is 10.1. The van der Waals surface area contributed by atoms with Crippen LogP contribution in [0.5, 0.6) is 11.5 Å². The molecule has 0 N–H and O–H groups in total. The topological polar surface area (TPSA) is 18.5 Å². The van der Waals surface area contributed by atoms with Gasteiger partial charge in [-0.25, -0.2) is 0 Å². The fourth-order valence-electron chi connectivity index (χ4n) is 1.43. The van der Waals surface area contributed by atoms with E-state index < -0.39 is 0 Å². The van der Waals surface area contributed by atoms with Crippen molar-refractivity contribution in [1.29, 1.82) is 0 Å². The van der Waals surface area contributed by atoms with Crippen molar-refractivity contribution in [3.8, 4) is 11.5 Å². The van der Waals surface area contributed by atoms with Crippen LogP contribution in [0.3, 0.4) is 0 Å². The molecular weight excluding hydrogens is 224 g/mol. The number of alkyl halides is 1. The third kappa shape index (κ3) is 3.46. The van der Waals surface area contributed by atoms with Crippen molar-refractivity contribution in [2.24, 2.45) is 0 Å².